The summed E-state index contributed by atoms with van der Waals surface area (Å²) in [6, 6.07) is 0.0550. The van der Waals surface area contributed by atoms with E-state index in [2.05, 4.69) is 24.7 Å². The van der Waals surface area contributed by atoms with Crippen LogP contribution in [-0.2, 0) is 16.0 Å². The predicted octanol–water partition coefficient (Wildman–Crippen LogP) is 0.399. The molecule has 0 saturated carbocycles. The van der Waals surface area contributed by atoms with Crippen molar-refractivity contribution < 1.29 is 14.1 Å². The quantitative estimate of drug-likeness (QED) is 0.709. The van der Waals surface area contributed by atoms with Gasteiger partial charge in [-0.25, -0.2) is 0 Å². The Hall–Kier alpha value is -1.43. The molecule has 90 valence electrons. The van der Waals surface area contributed by atoms with Crippen LogP contribution in [0.5, 0.6) is 0 Å². The Morgan fingerprint density at radius 2 is 2.38 bits per heavy atom. The van der Waals surface area contributed by atoms with E-state index >= 15 is 0 Å². The predicted molar refractivity (Wildman–Crippen MR) is 56.6 cm³/mol. The SMILES string of the molecule is COC(=O)C(C)C(C)NCCc1ncon1. The minimum atomic E-state index is -0.209. The van der Waals surface area contributed by atoms with E-state index in [4.69, 9.17) is 0 Å². The van der Waals surface area contributed by atoms with E-state index in [1.807, 2.05) is 13.8 Å². The Balaban J connectivity index is 2.24. The van der Waals surface area contributed by atoms with Gasteiger partial charge in [0.1, 0.15) is 0 Å². The molecule has 0 aliphatic carbocycles. The van der Waals surface area contributed by atoms with Gasteiger partial charge >= 0.3 is 5.97 Å². The van der Waals surface area contributed by atoms with Crippen LogP contribution in [0.2, 0.25) is 0 Å². The zero-order valence-electron chi connectivity index (χ0n) is 9.77. The number of aromatic nitrogens is 2. The fraction of sp³-hybridized carbons (Fsp3) is 0.700. The second kappa shape index (κ2) is 6.22. The lowest BCUT2D eigenvalue weighted by Gasteiger charge is -2.18. The zero-order valence-corrected chi connectivity index (χ0v) is 9.77. The molecule has 6 nitrogen and oxygen atoms in total. The van der Waals surface area contributed by atoms with E-state index in [1.165, 1.54) is 13.5 Å². The third-order valence-electron chi connectivity index (χ3n) is 2.54. The Labute approximate surface area is 94.4 Å². The van der Waals surface area contributed by atoms with Gasteiger partial charge in [-0.3, -0.25) is 4.79 Å². The summed E-state index contributed by atoms with van der Waals surface area (Å²) >= 11 is 0. The number of nitrogens with one attached hydrogen (secondary N) is 1. The molecule has 1 aromatic heterocycles. The minimum absolute atomic E-state index is 0.0550. The summed E-state index contributed by atoms with van der Waals surface area (Å²) in [5.41, 5.74) is 0. The first-order valence-electron chi connectivity index (χ1n) is 5.21. The first-order chi connectivity index (χ1) is 7.65. The highest BCUT2D eigenvalue weighted by Crippen LogP contribution is 2.04. The largest absolute Gasteiger partial charge is 0.469 e. The second-order valence-corrected chi connectivity index (χ2v) is 3.65. The molecule has 6 heteroatoms. The van der Waals surface area contributed by atoms with Crippen molar-refractivity contribution in [2.24, 2.45) is 5.92 Å². The van der Waals surface area contributed by atoms with Crippen LogP contribution >= 0.6 is 0 Å². The number of carbonyl (C=O) groups is 1. The summed E-state index contributed by atoms with van der Waals surface area (Å²) in [5, 5.41) is 6.90. The van der Waals surface area contributed by atoms with Crippen LogP contribution in [0.15, 0.2) is 10.9 Å². The molecule has 2 atom stereocenters. The number of rotatable bonds is 6. The number of carbonyl (C=O) groups excluding carboxylic acids is 1. The molecule has 0 spiro atoms. The van der Waals surface area contributed by atoms with Gasteiger partial charge in [0.25, 0.3) is 0 Å². The van der Waals surface area contributed by atoms with Crippen molar-refractivity contribution in [1.29, 1.82) is 0 Å². The van der Waals surface area contributed by atoms with E-state index in [9.17, 15) is 4.79 Å². The molecular formula is C10H17N3O3. The number of nitrogens with zero attached hydrogens (tertiary/aromatic N) is 2. The fourth-order valence-corrected chi connectivity index (χ4v) is 1.28. The molecule has 1 aromatic rings. The minimum Gasteiger partial charge on any atom is -0.469 e. The Bertz CT molecular complexity index is 313. The van der Waals surface area contributed by atoms with Crippen molar-refractivity contribution in [1.82, 2.24) is 15.5 Å². The fourth-order valence-electron chi connectivity index (χ4n) is 1.28. The van der Waals surface area contributed by atoms with Gasteiger partial charge in [0.2, 0.25) is 6.39 Å². The van der Waals surface area contributed by atoms with E-state index in [1.54, 1.807) is 0 Å². The smallest absolute Gasteiger partial charge is 0.309 e. The Morgan fingerprint density at radius 3 is 2.94 bits per heavy atom. The molecule has 0 saturated heterocycles. The lowest BCUT2D eigenvalue weighted by atomic mass is 10.0. The molecule has 1 N–H and O–H groups in total. The molecule has 0 amide bonds. The molecule has 0 aliphatic rings. The van der Waals surface area contributed by atoms with Crippen LogP contribution in [0.1, 0.15) is 19.7 Å². The van der Waals surface area contributed by atoms with E-state index in [0.717, 1.165) is 0 Å². The first-order valence-corrected chi connectivity index (χ1v) is 5.21. The highest BCUT2D eigenvalue weighted by atomic mass is 16.5. The summed E-state index contributed by atoms with van der Waals surface area (Å²) in [7, 11) is 1.39. The molecule has 1 heterocycles. The van der Waals surface area contributed by atoms with Crippen LogP contribution < -0.4 is 5.32 Å². The third kappa shape index (κ3) is 3.62. The highest BCUT2D eigenvalue weighted by Gasteiger charge is 2.20. The standard InChI is InChI=1S/C10H17N3O3/c1-7(10(14)15-3)8(2)11-5-4-9-12-6-16-13-9/h6-8,11H,4-5H2,1-3H3. The van der Waals surface area contributed by atoms with Gasteiger partial charge in [0.15, 0.2) is 5.82 Å². The maximum atomic E-state index is 11.2. The summed E-state index contributed by atoms with van der Waals surface area (Å²) in [6.07, 6.45) is 1.98. The Morgan fingerprint density at radius 1 is 1.62 bits per heavy atom. The Kier molecular flexibility index (Phi) is 4.91. The van der Waals surface area contributed by atoms with E-state index in [0.29, 0.717) is 18.8 Å². The van der Waals surface area contributed by atoms with Crippen molar-refractivity contribution >= 4 is 5.97 Å². The van der Waals surface area contributed by atoms with E-state index in [-0.39, 0.29) is 17.9 Å². The normalized spacial score (nSPS) is 14.4. The molecule has 16 heavy (non-hydrogen) atoms. The molecule has 0 aromatic carbocycles. The van der Waals surface area contributed by atoms with Gasteiger partial charge in [-0.1, -0.05) is 12.1 Å². The van der Waals surface area contributed by atoms with Crippen molar-refractivity contribution in [3.63, 3.8) is 0 Å². The summed E-state index contributed by atoms with van der Waals surface area (Å²) in [6.45, 7) is 4.47. The second-order valence-electron chi connectivity index (χ2n) is 3.65. The number of esters is 1. The van der Waals surface area contributed by atoms with E-state index < -0.39 is 0 Å². The van der Waals surface area contributed by atoms with Crippen LogP contribution in [0.25, 0.3) is 0 Å². The maximum absolute atomic E-state index is 11.2. The van der Waals surface area contributed by atoms with Crippen molar-refractivity contribution in [3.8, 4) is 0 Å². The van der Waals surface area contributed by atoms with Gasteiger partial charge in [-0.15, -0.1) is 0 Å². The molecular weight excluding hydrogens is 210 g/mol. The molecule has 0 radical (unpaired) electrons. The van der Waals surface area contributed by atoms with Crippen molar-refractivity contribution in [2.45, 2.75) is 26.3 Å². The van der Waals surface area contributed by atoms with Gasteiger partial charge in [-0.05, 0) is 6.92 Å². The average molecular weight is 227 g/mol. The van der Waals surface area contributed by atoms with Gasteiger partial charge in [0.05, 0.1) is 13.0 Å². The first kappa shape index (κ1) is 12.6. The average Bonchev–Trinajstić information content (AvgIpc) is 2.79. The third-order valence-corrected chi connectivity index (χ3v) is 2.54. The topological polar surface area (TPSA) is 77.2 Å². The summed E-state index contributed by atoms with van der Waals surface area (Å²) < 4.78 is 9.28. The lowest BCUT2D eigenvalue weighted by Crippen LogP contribution is -2.37. The lowest BCUT2D eigenvalue weighted by molar-refractivity contribution is -0.145. The van der Waals surface area contributed by atoms with Gasteiger partial charge in [0, 0.05) is 19.0 Å². The van der Waals surface area contributed by atoms with Crippen LogP contribution in [0.4, 0.5) is 0 Å². The summed E-state index contributed by atoms with van der Waals surface area (Å²) in [5.74, 6) is 0.278. The summed E-state index contributed by atoms with van der Waals surface area (Å²) in [4.78, 5) is 15.1. The number of ether oxygens (including phenoxy) is 1. The molecule has 0 aliphatic heterocycles. The maximum Gasteiger partial charge on any atom is 0.309 e. The molecule has 2 unspecified atom stereocenters. The van der Waals surface area contributed by atoms with Crippen LogP contribution in [-0.4, -0.2) is 35.8 Å². The van der Waals surface area contributed by atoms with Crippen molar-refractivity contribution in [2.75, 3.05) is 13.7 Å². The molecule has 1 rings (SSSR count). The molecule has 0 fully saturated rings. The monoisotopic (exact) mass is 227 g/mol. The number of hydrogen-bond donors (Lipinski definition) is 1. The van der Waals surface area contributed by atoms with Gasteiger partial charge in [-0.2, -0.15) is 4.98 Å². The highest BCUT2D eigenvalue weighted by molar-refractivity contribution is 5.72. The molecule has 0 bridgehead atoms. The van der Waals surface area contributed by atoms with Crippen LogP contribution in [0, 0.1) is 5.92 Å². The van der Waals surface area contributed by atoms with Crippen LogP contribution in [0.3, 0.4) is 0 Å². The van der Waals surface area contributed by atoms with Gasteiger partial charge < -0.3 is 14.6 Å². The zero-order chi connectivity index (χ0) is 12.0. The number of hydrogen-bond acceptors (Lipinski definition) is 6. The van der Waals surface area contributed by atoms with Crippen molar-refractivity contribution in [3.05, 3.63) is 12.2 Å². The number of methoxy groups -OCH3 is 1.